The Morgan fingerprint density at radius 2 is 1.94 bits per heavy atom. The summed E-state index contributed by atoms with van der Waals surface area (Å²) in [5, 5.41) is 11.8. The zero-order valence-corrected chi connectivity index (χ0v) is 11.7. The van der Waals surface area contributed by atoms with Crippen LogP contribution in [0, 0.1) is 0 Å². The summed E-state index contributed by atoms with van der Waals surface area (Å²) in [6.45, 7) is 8.75. The first kappa shape index (κ1) is 16.7. The Labute approximate surface area is 108 Å². The summed E-state index contributed by atoms with van der Waals surface area (Å²) in [6.07, 6.45) is 0.713. The number of carboxylic acid groups (broad SMARTS) is 1. The molecule has 2 amide bonds. The number of rotatable bonds is 8. The van der Waals surface area contributed by atoms with Crippen LogP contribution < -0.4 is 5.32 Å². The minimum Gasteiger partial charge on any atom is -0.480 e. The van der Waals surface area contributed by atoms with Gasteiger partial charge in [-0.3, -0.25) is 0 Å². The molecule has 6 nitrogen and oxygen atoms in total. The fourth-order valence-electron chi connectivity index (χ4n) is 1.52. The van der Waals surface area contributed by atoms with Crippen LogP contribution in [0.3, 0.4) is 0 Å². The molecule has 0 saturated heterocycles. The second-order valence-corrected chi connectivity index (χ2v) is 4.39. The van der Waals surface area contributed by atoms with E-state index in [1.807, 2.05) is 6.92 Å². The predicted octanol–water partition coefficient (Wildman–Crippen LogP) is 1.31. The van der Waals surface area contributed by atoms with Crippen LogP contribution in [0.4, 0.5) is 4.79 Å². The third kappa shape index (κ3) is 4.91. The molecule has 0 heterocycles. The molecule has 0 atom stereocenters. The van der Waals surface area contributed by atoms with Crippen molar-refractivity contribution in [3.05, 3.63) is 0 Å². The first-order valence-corrected chi connectivity index (χ1v) is 6.24. The highest BCUT2D eigenvalue weighted by atomic mass is 16.5. The Bertz CT molecular complexity index is 279. The Kier molecular flexibility index (Phi) is 7.35. The van der Waals surface area contributed by atoms with Gasteiger partial charge in [0.2, 0.25) is 0 Å². The fourth-order valence-corrected chi connectivity index (χ4v) is 1.52. The van der Waals surface area contributed by atoms with Crippen molar-refractivity contribution in [2.45, 2.75) is 39.7 Å². The van der Waals surface area contributed by atoms with Crippen molar-refractivity contribution in [3.8, 4) is 0 Å². The summed E-state index contributed by atoms with van der Waals surface area (Å²) in [5.74, 6) is -1.02. The largest absolute Gasteiger partial charge is 0.480 e. The summed E-state index contributed by atoms with van der Waals surface area (Å²) in [5.41, 5.74) is -1.21. The second-order valence-electron chi connectivity index (χ2n) is 4.39. The van der Waals surface area contributed by atoms with Gasteiger partial charge in [-0.15, -0.1) is 0 Å². The number of amides is 2. The van der Waals surface area contributed by atoms with Gasteiger partial charge in [-0.2, -0.15) is 0 Å². The highest BCUT2D eigenvalue weighted by molar-refractivity contribution is 5.85. The van der Waals surface area contributed by atoms with Gasteiger partial charge >= 0.3 is 12.0 Å². The van der Waals surface area contributed by atoms with Crippen LogP contribution in [-0.2, 0) is 9.53 Å². The first-order valence-electron chi connectivity index (χ1n) is 6.24. The molecule has 0 spiro atoms. The third-order valence-corrected chi connectivity index (χ3v) is 2.71. The Morgan fingerprint density at radius 1 is 1.33 bits per heavy atom. The number of urea groups is 1. The molecule has 0 saturated carbocycles. The molecule has 0 radical (unpaired) electrons. The van der Waals surface area contributed by atoms with Crippen molar-refractivity contribution in [1.29, 1.82) is 0 Å². The molecule has 6 heteroatoms. The van der Waals surface area contributed by atoms with Gasteiger partial charge in [-0.25, -0.2) is 9.59 Å². The maximum Gasteiger partial charge on any atom is 0.329 e. The highest BCUT2D eigenvalue weighted by Gasteiger charge is 2.36. The lowest BCUT2D eigenvalue weighted by molar-refractivity contribution is -0.147. The van der Waals surface area contributed by atoms with Crippen molar-refractivity contribution in [2.24, 2.45) is 0 Å². The minimum absolute atomic E-state index is 0.344. The van der Waals surface area contributed by atoms with E-state index >= 15 is 0 Å². The van der Waals surface area contributed by atoms with Crippen molar-refractivity contribution in [3.63, 3.8) is 0 Å². The number of nitrogens with zero attached hydrogens (tertiary/aromatic N) is 1. The van der Waals surface area contributed by atoms with E-state index in [1.165, 1.54) is 18.7 Å². The molecule has 18 heavy (non-hydrogen) atoms. The average Bonchev–Trinajstić information content (AvgIpc) is 2.29. The van der Waals surface area contributed by atoms with Gasteiger partial charge in [0, 0.05) is 26.3 Å². The molecular formula is C12H24N2O4. The van der Waals surface area contributed by atoms with Gasteiger partial charge < -0.3 is 20.1 Å². The third-order valence-electron chi connectivity index (χ3n) is 2.71. The van der Waals surface area contributed by atoms with E-state index in [2.05, 4.69) is 5.32 Å². The zero-order valence-electron chi connectivity index (χ0n) is 11.7. The van der Waals surface area contributed by atoms with Crippen molar-refractivity contribution in [1.82, 2.24) is 10.2 Å². The summed E-state index contributed by atoms with van der Waals surface area (Å²) >= 11 is 0. The predicted molar refractivity (Wildman–Crippen MR) is 68.6 cm³/mol. The van der Waals surface area contributed by atoms with E-state index in [0.29, 0.717) is 32.7 Å². The average molecular weight is 260 g/mol. The molecule has 0 bridgehead atoms. The molecule has 0 aromatic heterocycles. The number of hydrogen-bond donors (Lipinski definition) is 2. The maximum atomic E-state index is 11.9. The summed E-state index contributed by atoms with van der Waals surface area (Å²) < 4.78 is 5.15. The van der Waals surface area contributed by atoms with Gasteiger partial charge in [0.15, 0.2) is 0 Å². The van der Waals surface area contributed by atoms with E-state index in [9.17, 15) is 9.59 Å². The molecule has 0 unspecified atom stereocenters. The Hall–Kier alpha value is -1.30. The van der Waals surface area contributed by atoms with Crippen LogP contribution in [0.25, 0.3) is 0 Å². The van der Waals surface area contributed by atoms with Crippen LogP contribution >= 0.6 is 0 Å². The van der Waals surface area contributed by atoms with Crippen molar-refractivity contribution < 1.29 is 19.4 Å². The van der Waals surface area contributed by atoms with E-state index in [4.69, 9.17) is 9.84 Å². The minimum atomic E-state index is -1.21. The van der Waals surface area contributed by atoms with Crippen LogP contribution in [0.1, 0.15) is 34.1 Å². The quantitative estimate of drug-likeness (QED) is 0.645. The summed E-state index contributed by atoms with van der Waals surface area (Å²) in [7, 11) is 0. The van der Waals surface area contributed by atoms with Gasteiger partial charge in [-0.05, 0) is 34.1 Å². The Morgan fingerprint density at radius 3 is 2.39 bits per heavy atom. The number of likely N-dealkylation sites (N-methyl/N-ethyl adjacent to an activating group) is 1. The van der Waals surface area contributed by atoms with Gasteiger partial charge in [0.05, 0.1) is 0 Å². The van der Waals surface area contributed by atoms with Crippen LogP contribution in [0.2, 0.25) is 0 Å². The lowest BCUT2D eigenvalue weighted by atomic mass is 10.0. The van der Waals surface area contributed by atoms with Gasteiger partial charge in [0.1, 0.15) is 5.54 Å². The molecule has 106 valence electrons. The van der Waals surface area contributed by atoms with Gasteiger partial charge in [-0.1, -0.05) is 0 Å². The first-order chi connectivity index (χ1) is 8.37. The number of carboxylic acids is 1. The number of aliphatic carboxylic acids is 1. The monoisotopic (exact) mass is 260 g/mol. The van der Waals surface area contributed by atoms with Crippen molar-refractivity contribution in [2.75, 3.05) is 26.3 Å². The zero-order chi connectivity index (χ0) is 14.2. The molecule has 0 rings (SSSR count). The normalized spacial score (nSPS) is 11.1. The number of nitrogens with one attached hydrogen (secondary N) is 1. The second kappa shape index (κ2) is 7.92. The molecule has 2 N–H and O–H groups in total. The topological polar surface area (TPSA) is 78.9 Å². The molecule has 0 aliphatic carbocycles. The van der Waals surface area contributed by atoms with E-state index < -0.39 is 11.5 Å². The summed E-state index contributed by atoms with van der Waals surface area (Å²) in [4.78, 5) is 24.3. The SMILES string of the molecule is CCOCCCNC(=O)N(CC)C(C)(C)C(=O)O. The molecular weight excluding hydrogens is 236 g/mol. The molecule has 0 aliphatic heterocycles. The van der Waals surface area contributed by atoms with Crippen LogP contribution in [-0.4, -0.2) is 53.8 Å². The fraction of sp³-hybridized carbons (Fsp3) is 0.833. The Balaban J connectivity index is 4.24. The summed E-state index contributed by atoms with van der Waals surface area (Å²) in [6, 6.07) is -0.360. The standard InChI is InChI=1S/C12H24N2O4/c1-5-14(12(3,4)10(15)16)11(17)13-8-7-9-18-6-2/h5-9H2,1-4H3,(H,13,17)(H,15,16). The maximum absolute atomic E-state index is 11.9. The highest BCUT2D eigenvalue weighted by Crippen LogP contribution is 2.14. The smallest absolute Gasteiger partial charge is 0.329 e. The number of ether oxygens (including phenoxy) is 1. The van der Waals surface area contributed by atoms with E-state index in [1.54, 1.807) is 6.92 Å². The lowest BCUT2D eigenvalue weighted by Crippen LogP contribution is -2.56. The van der Waals surface area contributed by atoms with Crippen LogP contribution in [0.5, 0.6) is 0 Å². The van der Waals surface area contributed by atoms with E-state index in [0.717, 1.165) is 0 Å². The van der Waals surface area contributed by atoms with Crippen LogP contribution in [0.15, 0.2) is 0 Å². The number of carbonyl (C=O) groups is 2. The van der Waals surface area contributed by atoms with Gasteiger partial charge in [0.25, 0.3) is 0 Å². The molecule has 0 aromatic carbocycles. The molecule has 0 aromatic rings. The van der Waals surface area contributed by atoms with E-state index in [-0.39, 0.29) is 6.03 Å². The molecule has 0 aliphatic rings. The number of carbonyl (C=O) groups excluding carboxylic acids is 1. The molecule has 0 fully saturated rings. The number of hydrogen-bond acceptors (Lipinski definition) is 3. The van der Waals surface area contributed by atoms with Crippen molar-refractivity contribution >= 4 is 12.0 Å². The lowest BCUT2D eigenvalue weighted by Gasteiger charge is -2.34.